The molecule has 2 unspecified atom stereocenters. The van der Waals surface area contributed by atoms with Crippen LogP contribution in [0.15, 0.2) is 5.11 Å². The molecular formula is C8H15N3O. The van der Waals surface area contributed by atoms with Crippen LogP contribution < -0.4 is 0 Å². The Kier molecular flexibility index (Phi) is 2.31. The zero-order chi connectivity index (χ0) is 9.35. The lowest BCUT2D eigenvalue weighted by atomic mass is 9.81. The normalized spacial score (nSPS) is 39.2. The molecule has 0 spiro atoms. The van der Waals surface area contributed by atoms with E-state index in [0.29, 0.717) is 5.92 Å². The van der Waals surface area contributed by atoms with Crippen LogP contribution in [0, 0.1) is 11.3 Å². The summed E-state index contributed by atoms with van der Waals surface area (Å²) >= 11 is 0. The molecule has 68 valence electrons. The fourth-order valence-corrected chi connectivity index (χ4v) is 1.76. The Hall–Kier alpha value is -0.730. The van der Waals surface area contributed by atoms with Crippen LogP contribution in [0.4, 0.5) is 0 Å². The number of aliphatic hydroxyl groups is 1. The summed E-state index contributed by atoms with van der Waals surface area (Å²) in [4.78, 5) is 2.73. The van der Waals surface area contributed by atoms with Gasteiger partial charge in [0.1, 0.15) is 0 Å². The third kappa shape index (κ3) is 1.28. The van der Waals surface area contributed by atoms with Crippen LogP contribution in [-0.4, -0.2) is 17.3 Å². The summed E-state index contributed by atoms with van der Waals surface area (Å²) in [5, 5.41) is 13.3. The van der Waals surface area contributed by atoms with E-state index in [9.17, 15) is 5.11 Å². The van der Waals surface area contributed by atoms with Crippen molar-refractivity contribution in [1.82, 2.24) is 0 Å². The fraction of sp³-hybridized carbons (Fsp3) is 1.00. The number of hydrogen-bond acceptors (Lipinski definition) is 2. The van der Waals surface area contributed by atoms with Crippen molar-refractivity contribution in [3.8, 4) is 0 Å². The van der Waals surface area contributed by atoms with Gasteiger partial charge in [-0.15, -0.1) is 0 Å². The summed E-state index contributed by atoms with van der Waals surface area (Å²) in [5.74, 6) is 0.406. The molecule has 0 amide bonds. The highest BCUT2D eigenvalue weighted by Crippen LogP contribution is 2.43. The average molecular weight is 169 g/mol. The first-order chi connectivity index (χ1) is 5.50. The largest absolute Gasteiger partial charge is 0.392 e. The maximum absolute atomic E-state index is 9.75. The maximum atomic E-state index is 9.75. The highest BCUT2D eigenvalue weighted by Gasteiger charge is 2.45. The van der Waals surface area contributed by atoms with Crippen molar-refractivity contribution in [3.05, 3.63) is 10.4 Å². The molecule has 1 fully saturated rings. The summed E-state index contributed by atoms with van der Waals surface area (Å²) in [6.07, 6.45) is 0.293. The molecule has 0 aromatic carbocycles. The van der Waals surface area contributed by atoms with Crippen molar-refractivity contribution in [2.75, 3.05) is 0 Å². The Bertz CT molecular complexity index is 220. The molecule has 0 saturated heterocycles. The number of azide groups is 1. The van der Waals surface area contributed by atoms with E-state index >= 15 is 0 Å². The van der Waals surface area contributed by atoms with Crippen LogP contribution in [0.1, 0.15) is 27.2 Å². The van der Waals surface area contributed by atoms with Crippen molar-refractivity contribution in [2.24, 2.45) is 16.4 Å². The van der Waals surface area contributed by atoms with Gasteiger partial charge >= 0.3 is 0 Å². The van der Waals surface area contributed by atoms with Crippen LogP contribution in [0.2, 0.25) is 0 Å². The van der Waals surface area contributed by atoms with E-state index in [2.05, 4.69) is 16.9 Å². The van der Waals surface area contributed by atoms with Gasteiger partial charge in [-0.25, -0.2) is 0 Å². The van der Waals surface area contributed by atoms with Crippen LogP contribution in [0.25, 0.3) is 10.4 Å². The quantitative estimate of drug-likeness (QED) is 0.364. The number of rotatable bonds is 1. The zero-order valence-electron chi connectivity index (χ0n) is 7.73. The molecule has 4 nitrogen and oxygen atoms in total. The molecule has 0 bridgehead atoms. The highest BCUT2D eigenvalue weighted by atomic mass is 16.3. The van der Waals surface area contributed by atoms with E-state index < -0.39 is 6.10 Å². The number of aliphatic hydroxyl groups excluding tert-OH is 1. The monoisotopic (exact) mass is 169 g/mol. The fourth-order valence-electron chi connectivity index (χ4n) is 1.76. The van der Waals surface area contributed by atoms with Gasteiger partial charge < -0.3 is 5.11 Å². The third-order valence-electron chi connectivity index (χ3n) is 3.19. The minimum Gasteiger partial charge on any atom is -0.392 e. The van der Waals surface area contributed by atoms with Crippen LogP contribution >= 0.6 is 0 Å². The van der Waals surface area contributed by atoms with Gasteiger partial charge in [0.25, 0.3) is 0 Å². The predicted octanol–water partition coefficient (Wildman–Crippen LogP) is 2.09. The molecule has 12 heavy (non-hydrogen) atoms. The molecule has 3 atom stereocenters. The first kappa shape index (κ1) is 9.36. The number of hydrogen-bond donors (Lipinski definition) is 1. The molecule has 1 rings (SSSR count). The van der Waals surface area contributed by atoms with Gasteiger partial charge in [0.2, 0.25) is 0 Å². The molecule has 0 heterocycles. The minimum absolute atomic E-state index is 0.126. The topological polar surface area (TPSA) is 69.0 Å². The molecule has 1 aliphatic carbocycles. The van der Waals surface area contributed by atoms with E-state index in [1.54, 1.807) is 0 Å². The molecular weight excluding hydrogens is 154 g/mol. The summed E-state index contributed by atoms with van der Waals surface area (Å²) < 4.78 is 0. The van der Waals surface area contributed by atoms with Crippen molar-refractivity contribution < 1.29 is 5.11 Å². The summed E-state index contributed by atoms with van der Waals surface area (Å²) in [5.41, 5.74) is 8.12. The van der Waals surface area contributed by atoms with Crippen molar-refractivity contribution in [2.45, 2.75) is 39.3 Å². The molecule has 0 aliphatic heterocycles. The Labute approximate surface area is 72.2 Å². The van der Waals surface area contributed by atoms with E-state index in [-0.39, 0.29) is 11.5 Å². The first-order valence-corrected chi connectivity index (χ1v) is 4.22. The SMILES string of the molecule is CC1CC(N=[N+]=[N-])[C@H](O)C1(C)C. The Morgan fingerprint density at radius 3 is 2.50 bits per heavy atom. The van der Waals surface area contributed by atoms with Crippen molar-refractivity contribution in [3.63, 3.8) is 0 Å². The van der Waals surface area contributed by atoms with Gasteiger partial charge in [0, 0.05) is 4.91 Å². The Morgan fingerprint density at radius 2 is 2.17 bits per heavy atom. The minimum atomic E-state index is -0.497. The molecule has 0 aromatic rings. The molecule has 0 radical (unpaired) electrons. The third-order valence-corrected chi connectivity index (χ3v) is 3.19. The second kappa shape index (κ2) is 2.96. The predicted molar refractivity (Wildman–Crippen MR) is 46.5 cm³/mol. The van der Waals surface area contributed by atoms with Gasteiger partial charge in [-0.3, -0.25) is 0 Å². The van der Waals surface area contributed by atoms with Gasteiger partial charge in [0.15, 0.2) is 0 Å². The van der Waals surface area contributed by atoms with E-state index in [1.165, 1.54) is 0 Å². The second-order valence-electron chi connectivity index (χ2n) is 4.18. The van der Waals surface area contributed by atoms with Crippen LogP contribution in [0.5, 0.6) is 0 Å². The highest BCUT2D eigenvalue weighted by molar-refractivity contribution is 4.99. The van der Waals surface area contributed by atoms with Crippen LogP contribution in [0.3, 0.4) is 0 Å². The maximum Gasteiger partial charge on any atom is 0.0678 e. The van der Waals surface area contributed by atoms with Gasteiger partial charge in [-0.1, -0.05) is 25.9 Å². The lowest BCUT2D eigenvalue weighted by molar-refractivity contribution is 0.0504. The summed E-state index contributed by atoms with van der Waals surface area (Å²) in [6, 6.07) is -0.236. The van der Waals surface area contributed by atoms with Crippen molar-refractivity contribution in [1.29, 1.82) is 0 Å². The smallest absolute Gasteiger partial charge is 0.0678 e. The summed E-state index contributed by atoms with van der Waals surface area (Å²) in [6.45, 7) is 6.10. The zero-order valence-corrected chi connectivity index (χ0v) is 7.73. The molecule has 1 aliphatic rings. The molecule has 0 aromatic heterocycles. The van der Waals surface area contributed by atoms with E-state index in [4.69, 9.17) is 5.53 Å². The first-order valence-electron chi connectivity index (χ1n) is 4.22. The van der Waals surface area contributed by atoms with Gasteiger partial charge in [0.05, 0.1) is 12.1 Å². The lowest BCUT2D eigenvalue weighted by Crippen LogP contribution is -2.32. The van der Waals surface area contributed by atoms with E-state index in [0.717, 1.165) is 6.42 Å². The van der Waals surface area contributed by atoms with Crippen LogP contribution in [-0.2, 0) is 0 Å². The summed E-state index contributed by atoms with van der Waals surface area (Å²) in [7, 11) is 0. The number of nitrogens with zero attached hydrogens (tertiary/aromatic N) is 3. The molecule has 1 saturated carbocycles. The van der Waals surface area contributed by atoms with Crippen molar-refractivity contribution >= 4 is 0 Å². The molecule has 1 N–H and O–H groups in total. The Balaban J connectivity index is 2.82. The second-order valence-corrected chi connectivity index (χ2v) is 4.18. The van der Waals surface area contributed by atoms with Gasteiger partial charge in [-0.2, -0.15) is 0 Å². The van der Waals surface area contributed by atoms with Gasteiger partial charge in [-0.05, 0) is 23.3 Å². The Morgan fingerprint density at radius 1 is 1.58 bits per heavy atom. The standard InChI is InChI=1S/C8H15N3O/c1-5-4-6(10-11-9)7(12)8(5,2)3/h5-7,12H,4H2,1-3H3/t5?,6?,7-/m0/s1. The van der Waals surface area contributed by atoms with E-state index in [1.807, 2.05) is 13.8 Å². The average Bonchev–Trinajstić information content (AvgIpc) is 2.17. The lowest BCUT2D eigenvalue weighted by Gasteiger charge is -2.27. The molecule has 4 heteroatoms.